The van der Waals surface area contributed by atoms with Gasteiger partial charge in [0.1, 0.15) is 5.65 Å². The van der Waals surface area contributed by atoms with Crippen LogP contribution in [0.1, 0.15) is 6.42 Å². The summed E-state index contributed by atoms with van der Waals surface area (Å²) in [5, 5.41) is 1.22. The van der Waals surface area contributed by atoms with E-state index in [-0.39, 0.29) is 0 Å². The Bertz CT molecular complexity index is 431. The van der Waals surface area contributed by atoms with Gasteiger partial charge in [0.2, 0.25) is 0 Å². The molecule has 2 rings (SSSR count). The lowest BCUT2D eigenvalue weighted by molar-refractivity contribution is 0.388. The van der Waals surface area contributed by atoms with E-state index in [1.54, 1.807) is 0 Å². The average molecular weight is 203 g/mol. The van der Waals surface area contributed by atoms with Crippen molar-refractivity contribution >= 4 is 11.0 Å². The summed E-state index contributed by atoms with van der Waals surface area (Å²) >= 11 is 0. The summed E-state index contributed by atoms with van der Waals surface area (Å²) in [4.78, 5) is 6.60. The normalized spacial score (nSPS) is 11.4. The molecule has 0 atom stereocenters. The van der Waals surface area contributed by atoms with Crippen LogP contribution >= 0.6 is 0 Å². The van der Waals surface area contributed by atoms with Crippen molar-refractivity contribution in [3.05, 3.63) is 30.6 Å². The van der Waals surface area contributed by atoms with E-state index >= 15 is 0 Å². The number of aryl methyl sites for hydroxylation is 1. The van der Waals surface area contributed by atoms with E-state index in [4.69, 9.17) is 0 Å². The van der Waals surface area contributed by atoms with Gasteiger partial charge in [0.15, 0.2) is 0 Å². The first kappa shape index (κ1) is 10.2. The maximum absolute atomic E-state index is 4.39. The summed E-state index contributed by atoms with van der Waals surface area (Å²) in [6, 6.07) is 6.20. The van der Waals surface area contributed by atoms with Crippen molar-refractivity contribution in [1.29, 1.82) is 0 Å². The van der Waals surface area contributed by atoms with E-state index in [1.165, 1.54) is 5.39 Å². The second kappa shape index (κ2) is 4.45. The fourth-order valence-electron chi connectivity index (χ4n) is 1.76. The molecule has 0 fully saturated rings. The first-order chi connectivity index (χ1) is 7.27. The van der Waals surface area contributed by atoms with Gasteiger partial charge in [0.05, 0.1) is 0 Å². The molecule has 0 aliphatic heterocycles. The van der Waals surface area contributed by atoms with Gasteiger partial charge < -0.3 is 9.47 Å². The average Bonchev–Trinajstić information content (AvgIpc) is 2.62. The molecular formula is C12H17N3. The Morgan fingerprint density at radius 3 is 3.00 bits per heavy atom. The number of aromatic nitrogens is 2. The van der Waals surface area contributed by atoms with Crippen molar-refractivity contribution in [1.82, 2.24) is 14.5 Å². The highest BCUT2D eigenvalue weighted by atomic mass is 15.1. The molecule has 0 unspecified atom stereocenters. The summed E-state index contributed by atoms with van der Waals surface area (Å²) in [7, 11) is 4.21. The highest BCUT2D eigenvalue weighted by Gasteiger charge is 2.00. The van der Waals surface area contributed by atoms with E-state index in [9.17, 15) is 0 Å². The quantitative estimate of drug-likeness (QED) is 0.757. The smallest absolute Gasteiger partial charge is 0.139 e. The van der Waals surface area contributed by atoms with Crippen LogP contribution in [0.3, 0.4) is 0 Å². The van der Waals surface area contributed by atoms with Crippen molar-refractivity contribution in [2.24, 2.45) is 0 Å². The molecule has 0 spiro atoms. The number of hydrogen-bond donors (Lipinski definition) is 0. The van der Waals surface area contributed by atoms with Crippen LogP contribution < -0.4 is 0 Å². The van der Waals surface area contributed by atoms with Crippen LogP contribution in [0, 0.1) is 0 Å². The lowest BCUT2D eigenvalue weighted by atomic mass is 10.3. The molecule has 0 saturated carbocycles. The van der Waals surface area contributed by atoms with Gasteiger partial charge in [-0.3, -0.25) is 0 Å². The van der Waals surface area contributed by atoms with Crippen LogP contribution in [0.2, 0.25) is 0 Å². The Morgan fingerprint density at radius 2 is 2.20 bits per heavy atom. The number of hydrogen-bond acceptors (Lipinski definition) is 2. The molecule has 0 aliphatic rings. The van der Waals surface area contributed by atoms with Crippen molar-refractivity contribution in [2.45, 2.75) is 13.0 Å². The monoisotopic (exact) mass is 203 g/mol. The molecule has 80 valence electrons. The van der Waals surface area contributed by atoms with Crippen LogP contribution in [0.4, 0.5) is 0 Å². The zero-order valence-corrected chi connectivity index (χ0v) is 9.35. The molecule has 0 saturated heterocycles. The lowest BCUT2D eigenvalue weighted by Crippen LogP contribution is -2.14. The third-order valence-electron chi connectivity index (χ3n) is 2.53. The van der Waals surface area contributed by atoms with Gasteiger partial charge in [0.25, 0.3) is 0 Å². The zero-order chi connectivity index (χ0) is 10.7. The van der Waals surface area contributed by atoms with Gasteiger partial charge in [-0.1, -0.05) is 0 Å². The largest absolute Gasteiger partial charge is 0.332 e. The van der Waals surface area contributed by atoms with E-state index < -0.39 is 0 Å². The Kier molecular flexibility index (Phi) is 3.02. The number of fused-ring (bicyclic) bond motifs is 1. The molecule has 2 heterocycles. The number of pyridine rings is 1. The molecule has 0 bridgehead atoms. The van der Waals surface area contributed by atoms with E-state index in [0.29, 0.717) is 0 Å². The third kappa shape index (κ3) is 2.36. The van der Waals surface area contributed by atoms with Crippen molar-refractivity contribution in [3.8, 4) is 0 Å². The highest BCUT2D eigenvalue weighted by Crippen LogP contribution is 2.12. The van der Waals surface area contributed by atoms with E-state index in [0.717, 1.165) is 25.2 Å². The third-order valence-corrected chi connectivity index (χ3v) is 2.53. The summed E-state index contributed by atoms with van der Waals surface area (Å²) < 4.78 is 2.22. The van der Waals surface area contributed by atoms with Crippen LogP contribution in [0.25, 0.3) is 11.0 Å². The van der Waals surface area contributed by atoms with Gasteiger partial charge >= 0.3 is 0 Å². The second-order valence-electron chi connectivity index (χ2n) is 4.08. The SMILES string of the molecule is CN(C)CCCn1ccc2cccnc21. The topological polar surface area (TPSA) is 21.1 Å². The molecule has 0 radical (unpaired) electrons. The van der Waals surface area contributed by atoms with Crippen molar-refractivity contribution in [3.63, 3.8) is 0 Å². The molecule has 2 aromatic heterocycles. The van der Waals surface area contributed by atoms with Crippen LogP contribution in [0.5, 0.6) is 0 Å². The first-order valence-corrected chi connectivity index (χ1v) is 5.32. The summed E-state index contributed by atoms with van der Waals surface area (Å²) in [6.07, 6.45) is 5.13. The Morgan fingerprint density at radius 1 is 1.33 bits per heavy atom. The molecule has 0 N–H and O–H groups in total. The second-order valence-corrected chi connectivity index (χ2v) is 4.08. The van der Waals surface area contributed by atoms with E-state index in [2.05, 4.69) is 46.9 Å². The van der Waals surface area contributed by atoms with Gasteiger partial charge in [-0.2, -0.15) is 0 Å². The Labute approximate surface area is 90.3 Å². The first-order valence-electron chi connectivity index (χ1n) is 5.32. The molecule has 3 heteroatoms. The number of rotatable bonds is 4. The van der Waals surface area contributed by atoms with Gasteiger partial charge in [-0.15, -0.1) is 0 Å². The van der Waals surface area contributed by atoms with Crippen molar-refractivity contribution < 1.29 is 0 Å². The Balaban J connectivity index is 2.08. The van der Waals surface area contributed by atoms with Gasteiger partial charge in [0, 0.05) is 24.3 Å². The summed E-state index contributed by atoms with van der Waals surface area (Å²) in [5.74, 6) is 0. The fourth-order valence-corrected chi connectivity index (χ4v) is 1.76. The summed E-state index contributed by atoms with van der Waals surface area (Å²) in [5.41, 5.74) is 1.09. The standard InChI is InChI=1S/C12H17N3/c1-14(2)8-4-9-15-10-6-11-5-3-7-13-12(11)15/h3,5-7,10H,4,8-9H2,1-2H3. The van der Waals surface area contributed by atoms with E-state index in [1.807, 2.05) is 12.3 Å². The minimum atomic E-state index is 1.04. The minimum absolute atomic E-state index is 1.04. The molecule has 15 heavy (non-hydrogen) atoms. The van der Waals surface area contributed by atoms with Gasteiger partial charge in [-0.25, -0.2) is 4.98 Å². The predicted octanol–water partition coefficient (Wildman–Crippen LogP) is 1.99. The fraction of sp³-hybridized carbons (Fsp3) is 0.417. The minimum Gasteiger partial charge on any atom is -0.332 e. The number of nitrogens with zero attached hydrogens (tertiary/aromatic N) is 3. The lowest BCUT2D eigenvalue weighted by Gasteiger charge is -2.09. The molecular weight excluding hydrogens is 186 g/mol. The molecule has 3 nitrogen and oxygen atoms in total. The van der Waals surface area contributed by atoms with Crippen molar-refractivity contribution in [2.75, 3.05) is 20.6 Å². The van der Waals surface area contributed by atoms with Crippen LogP contribution in [-0.4, -0.2) is 35.1 Å². The Hall–Kier alpha value is -1.35. The van der Waals surface area contributed by atoms with Gasteiger partial charge in [-0.05, 0) is 45.3 Å². The maximum atomic E-state index is 4.39. The molecule has 0 amide bonds. The highest BCUT2D eigenvalue weighted by molar-refractivity contribution is 5.75. The molecule has 0 aliphatic carbocycles. The predicted molar refractivity (Wildman–Crippen MR) is 62.9 cm³/mol. The van der Waals surface area contributed by atoms with Crippen LogP contribution in [-0.2, 0) is 6.54 Å². The zero-order valence-electron chi connectivity index (χ0n) is 9.35. The molecule has 0 aromatic carbocycles. The maximum Gasteiger partial charge on any atom is 0.139 e. The van der Waals surface area contributed by atoms with Crippen LogP contribution in [0.15, 0.2) is 30.6 Å². The summed E-state index contributed by atoms with van der Waals surface area (Å²) in [6.45, 7) is 2.16. The molecule has 2 aromatic rings.